The van der Waals surface area contributed by atoms with Crippen LogP contribution in [0.5, 0.6) is 0 Å². The third-order valence-electron chi connectivity index (χ3n) is 3.55. The minimum Gasteiger partial charge on any atom is -0.244 e. The minimum atomic E-state index is -4.50. The molecule has 1 aliphatic heterocycles. The molecule has 0 saturated carbocycles. The summed E-state index contributed by atoms with van der Waals surface area (Å²) in [6.45, 7) is 0.247. The van der Waals surface area contributed by atoms with Gasteiger partial charge in [-0.05, 0) is 11.6 Å². The molecule has 0 amide bonds. The molecule has 23 heavy (non-hydrogen) atoms. The Morgan fingerprint density at radius 2 is 2.00 bits per heavy atom. The van der Waals surface area contributed by atoms with Crippen molar-refractivity contribution in [3.05, 3.63) is 59.2 Å². The molecule has 0 unspecified atom stereocenters. The molecule has 122 valence electrons. The average Bonchev–Trinajstić information content (AvgIpc) is 2.91. The first kappa shape index (κ1) is 15.9. The second-order valence-electron chi connectivity index (χ2n) is 5.22. The molecule has 1 aliphatic rings. The van der Waals surface area contributed by atoms with Crippen molar-refractivity contribution < 1.29 is 21.6 Å². The molecule has 0 aliphatic carbocycles. The van der Waals surface area contributed by atoms with Gasteiger partial charge in [-0.25, -0.2) is 18.4 Å². The van der Waals surface area contributed by atoms with E-state index in [-0.39, 0.29) is 18.7 Å². The maximum absolute atomic E-state index is 12.7. The molecule has 5 nitrogen and oxygen atoms in total. The highest BCUT2D eigenvalue weighted by atomic mass is 32.2. The van der Waals surface area contributed by atoms with E-state index in [4.69, 9.17) is 0 Å². The number of nitrogens with zero attached hydrogens (tertiary/aromatic N) is 3. The Labute approximate surface area is 130 Å². The molecular formula is C14H12F3N3O2S. The zero-order valence-electron chi connectivity index (χ0n) is 11.8. The number of fused-ring (bicyclic) bond motifs is 1. The molecule has 0 bridgehead atoms. The van der Waals surface area contributed by atoms with Gasteiger partial charge in [0.15, 0.2) is 0 Å². The van der Waals surface area contributed by atoms with E-state index >= 15 is 0 Å². The minimum absolute atomic E-state index is 0.0989. The lowest BCUT2D eigenvalue weighted by Crippen LogP contribution is -2.27. The zero-order chi connectivity index (χ0) is 16.7. The Morgan fingerprint density at radius 1 is 1.22 bits per heavy atom. The molecule has 9 heteroatoms. The van der Waals surface area contributed by atoms with Gasteiger partial charge in [-0.2, -0.15) is 17.5 Å². The first-order chi connectivity index (χ1) is 10.8. The lowest BCUT2D eigenvalue weighted by Gasteiger charge is -2.16. The van der Waals surface area contributed by atoms with Gasteiger partial charge in [0.2, 0.25) is 10.0 Å². The molecule has 0 N–H and O–H groups in total. The van der Waals surface area contributed by atoms with E-state index in [1.54, 1.807) is 6.20 Å². The van der Waals surface area contributed by atoms with E-state index in [2.05, 4.69) is 9.97 Å². The van der Waals surface area contributed by atoms with E-state index in [1.807, 2.05) is 0 Å². The summed E-state index contributed by atoms with van der Waals surface area (Å²) in [6, 6.07) is 4.35. The van der Waals surface area contributed by atoms with E-state index in [0.717, 1.165) is 12.1 Å². The molecule has 0 spiro atoms. The predicted octanol–water partition coefficient (Wildman–Crippen LogP) is 2.34. The topological polar surface area (TPSA) is 63.2 Å². The van der Waals surface area contributed by atoms with Crippen LogP contribution in [0.3, 0.4) is 0 Å². The summed E-state index contributed by atoms with van der Waals surface area (Å²) in [4.78, 5) is 7.85. The monoisotopic (exact) mass is 343 g/mol. The third kappa shape index (κ3) is 3.35. The number of hydrogen-bond donors (Lipinski definition) is 0. The summed E-state index contributed by atoms with van der Waals surface area (Å²) in [5, 5.41) is 0. The molecule has 2 heterocycles. The van der Waals surface area contributed by atoms with Crippen molar-refractivity contribution in [1.82, 2.24) is 14.3 Å². The number of alkyl halides is 3. The van der Waals surface area contributed by atoms with Crippen molar-refractivity contribution in [2.75, 3.05) is 0 Å². The lowest BCUT2D eigenvalue weighted by atomic mass is 10.1. The summed E-state index contributed by atoms with van der Waals surface area (Å²) >= 11 is 0. The Hall–Kier alpha value is -2.00. The van der Waals surface area contributed by atoms with Crippen LogP contribution in [-0.2, 0) is 35.0 Å². The van der Waals surface area contributed by atoms with Crippen LogP contribution in [0.25, 0.3) is 0 Å². The van der Waals surface area contributed by atoms with Crippen molar-refractivity contribution in [3.63, 3.8) is 0 Å². The van der Waals surface area contributed by atoms with Gasteiger partial charge in [-0.3, -0.25) is 0 Å². The molecule has 0 atom stereocenters. The van der Waals surface area contributed by atoms with Crippen molar-refractivity contribution >= 4 is 10.0 Å². The summed E-state index contributed by atoms with van der Waals surface area (Å²) in [5.74, 6) is -0.488. The van der Waals surface area contributed by atoms with Crippen LogP contribution in [-0.4, -0.2) is 22.7 Å². The fraction of sp³-hybridized carbons (Fsp3) is 0.286. The van der Waals surface area contributed by atoms with E-state index < -0.39 is 27.5 Å². The highest BCUT2D eigenvalue weighted by molar-refractivity contribution is 7.88. The maximum Gasteiger partial charge on any atom is 0.416 e. The second-order valence-corrected chi connectivity index (χ2v) is 7.19. The fourth-order valence-corrected chi connectivity index (χ4v) is 3.85. The lowest BCUT2D eigenvalue weighted by molar-refractivity contribution is -0.137. The van der Waals surface area contributed by atoms with Gasteiger partial charge in [0, 0.05) is 18.3 Å². The van der Waals surface area contributed by atoms with Gasteiger partial charge in [0.25, 0.3) is 0 Å². The molecular weight excluding hydrogens is 331 g/mol. The highest BCUT2D eigenvalue weighted by Gasteiger charge is 2.33. The molecule has 0 saturated heterocycles. The normalized spacial score (nSPS) is 15.6. The molecule has 0 fully saturated rings. The van der Waals surface area contributed by atoms with Crippen LogP contribution in [0.15, 0.2) is 36.8 Å². The maximum atomic E-state index is 12.7. The van der Waals surface area contributed by atoms with Gasteiger partial charge >= 0.3 is 6.18 Å². The number of hydrogen-bond acceptors (Lipinski definition) is 4. The Morgan fingerprint density at radius 3 is 2.70 bits per heavy atom. The fourth-order valence-electron chi connectivity index (χ4n) is 2.41. The zero-order valence-corrected chi connectivity index (χ0v) is 12.6. The smallest absolute Gasteiger partial charge is 0.244 e. The summed E-state index contributed by atoms with van der Waals surface area (Å²) in [6.07, 6.45) is -1.62. The molecule has 1 aromatic heterocycles. The van der Waals surface area contributed by atoms with Crippen LogP contribution < -0.4 is 0 Å². The molecule has 2 aromatic rings. The number of halogens is 3. The molecule has 3 rings (SSSR count). The summed E-state index contributed by atoms with van der Waals surface area (Å²) in [5.41, 5.74) is 0.565. The average molecular weight is 343 g/mol. The van der Waals surface area contributed by atoms with Gasteiger partial charge in [-0.15, -0.1) is 0 Å². The van der Waals surface area contributed by atoms with Crippen LogP contribution in [0.2, 0.25) is 0 Å². The van der Waals surface area contributed by atoms with Crippen molar-refractivity contribution in [2.24, 2.45) is 0 Å². The second kappa shape index (κ2) is 5.57. The van der Waals surface area contributed by atoms with Crippen LogP contribution in [0.1, 0.15) is 22.4 Å². The first-order valence-corrected chi connectivity index (χ1v) is 8.28. The van der Waals surface area contributed by atoms with Crippen LogP contribution >= 0.6 is 0 Å². The molecule has 0 radical (unpaired) electrons. The van der Waals surface area contributed by atoms with Crippen molar-refractivity contribution in [3.8, 4) is 0 Å². The Kier molecular flexibility index (Phi) is 3.85. The van der Waals surface area contributed by atoms with E-state index in [0.29, 0.717) is 11.3 Å². The Bertz CT molecular complexity index is 812. The van der Waals surface area contributed by atoms with Gasteiger partial charge in [0.1, 0.15) is 6.33 Å². The number of sulfonamides is 1. The van der Waals surface area contributed by atoms with E-state index in [9.17, 15) is 21.6 Å². The van der Waals surface area contributed by atoms with Gasteiger partial charge in [-0.1, -0.05) is 18.2 Å². The standard InChI is InChI=1S/C14H12F3N3O2S/c15-14(16,17)12-3-1-2-10(4-12)8-23(21,22)20-6-11-5-18-9-19-13(11)7-20/h1-5,9H,6-8H2. The number of aromatic nitrogens is 2. The van der Waals surface area contributed by atoms with Crippen LogP contribution in [0.4, 0.5) is 13.2 Å². The summed E-state index contributed by atoms with van der Waals surface area (Å²) in [7, 11) is -3.74. The first-order valence-electron chi connectivity index (χ1n) is 6.67. The van der Waals surface area contributed by atoms with Gasteiger partial charge < -0.3 is 0 Å². The Balaban J connectivity index is 1.81. The predicted molar refractivity (Wildman–Crippen MR) is 75.3 cm³/mol. The number of benzene rings is 1. The largest absolute Gasteiger partial charge is 0.416 e. The summed E-state index contributed by atoms with van der Waals surface area (Å²) < 4.78 is 64.2. The highest BCUT2D eigenvalue weighted by Crippen LogP contribution is 2.30. The quantitative estimate of drug-likeness (QED) is 0.858. The van der Waals surface area contributed by atoms with Crippen molar-refractivity contribution in [1.29, 1.82) is 0 Å². The van der Waals surface area contributed by atoms with Crippen LogP contribution in [0, 0.1) is 0 Å². The third-order valence-corrected chi connectivity index (χ3v) is 5.29. The SMILES string of the molecule is O=S(=O)(Cc1cccc(C(F)(F)F)c1)N1Cc2cncnc2C1. The van der Waals surface area contributed by atoms with Crippen molar-refractivity contribution in [2.45, 2.75) is 25.0 Å². The van der Waals surface area contributed by atoms with Gasteiger partial charge in [0.05, 0.1) is 23.6 Å². The van der Waals surface area contributed by atoms with E-state index in [1.165, 1.54) is 22.8 Å². The number of rotatable bonds is 3. The molecule has 1 aromatic carbocycles.